The van der Waals surface area contributed by atoms with E-state index in [0.29, 0.717) is 129 Å². The summed E-state index contributed by atoms with van der Waals surface area (Å²) in [6, 6.07) is 12.9. The molecule has 0 unspecified atom stereocenters. The van der Waals surface area contributed by atoms with E-state index >= 15 is 0 Å². The van der Waals surface area contributed by atoms with E-state index in [1.54, 1.807) is 18.2 Å². The molecule has 0 heterocycles. The molecule has 0 aliphatic carbocycles. The van der Waals surface area contributed by atoms with Crippen molar-refractivity contribution in [1.82, 2.24) is 0 Å². The zero-order valence-electron chi connectivity index (χ0n) is 31.4. The maximum atomic E-state index is 10.1. The molecule has 2 aromatic rings. The number of benzene rings is 2. The summed E-state index contributed by atoms with van der Waals surface area (Å²) in [7, 11) is 0. The number of aliphatic hydroxyl groups is 1. The van der Waals surface area contributed by atoms with Crippen LogP contribution in [-0.2, 0) is 44.3 Å². The van der Waals surface area contributed by atoms with E-state index in [1.807, 2.05) is 18.2 Å². The fourth-order valence-corrected chi connectivity index (χ4v) is 4.78. The topological polar surface area (TPSA) is 148 Å². The number of hydrogen-bond acceptors (Lipinski definition) is 13. The number of aryl methyl sites for hydroxylation is 1. The van der Waals surface area contributed by atoms with Crippen molar-refractivity contribution in [2.45, 2.75) is 58.3 Å². The number of phenolic OH excluding ortho intramolecular Hbond substituents is 1. The molecule has 0 fully saturated rings. The molecule has 0 radical (unpaired) electrons. The van der Waals surface area contributed by atoms with E-state index in [-0.39, 0.29) is 12.4 Å². The number of aliphatic hydroxyl groups excluding tert-OH is 1. The second kappa shape index (κ2) is 34.1. The number of azo groups is 1. The maximum Gasteiger partial charge on any atom is 0.146 e. The molecule has 2 N–H and O–H groups in total. The predicted molar refractivity (Wildman–Crippen MR) is 200 cm³/mol. The molecule has 2 rings (SSSR count). The maximum absolute atomic E-state index is 10.1. The lowest BCUT2D eigenvalue weighted by molar-refractivity contribution is -0.0242. The van der Waals surface area contributed by atoms with E-state index in [1.165, 1.54) is 44.1 Å². The first kappa shape index (κ1) is 45.4. The van der Waals surface area contributed by atoms with Crippen LogP contribution in [0.3, 0.4) is 0 Å². The molecular weight excluding hydrogens is 672 g/mol. The van der Waals surface area contributed by atoms with Gasteiger partial charge in [0.25, 0.3) is 0 Å². The van der Waals surface area contributed by atoms with Crippen LogP contribution >= 0.6 is 0 Å². The Balaban J connectivity index is 1.47. The van der Waals surface area contributed by atoms with Crippen molar-refractivity contribution in [2.24, 2.45) is 10.2 Å². The van der Waals surface area contributed by atoms with Crippen molar-refractivity contribution >= 4 is 11.4 Å². The number of aromatic hydroxyl groups is 1. The van der Waals surface area contributed by atoms with Gasteiger partial charge in [0.1, 0.15) is 29.5 Å². The minimum Gasteiger partial charge on any atom is -0.506 e. The SMILES string of the molecule is CCCCCCCCCc1ccc(OCCOCCOCCOCCOCCOCCOCCOCCOCCO)c(N=Nc2ccccc2O)c1. The monoisotopic (exact) mass is 736 g/mol. The molecule has 0 bridgehead atoms. The molecular formula is C39H64N2O11. The van der Waals surface area contributed by atoms with Gasteiger partial charge in [-0.25, -0.2) is 0 Å². The lowest BCUT2D eigenvalue weighted by Crippen LogP contribution is -2.15. The number of hydrogen-bond donors (Lipinski definition) is 2. The molecule has 0 aliphatic rings. The smallest absolute Gasteiger partial charge is 0.146 e. The Bertz CT molecular complexity index is 1130. The molecule has 0 atom stereocenters. The fourth-order valence-electron chi connectivity index (χ4n) is 4.78. The van der Waals surface area contributed by atoms with Gasteiger partial charge in [0.15, 0.2) is 0 Å². The van der Waals surface area contributed by atoms with Crippen LogP contribution in [0.1, 0.15) is 57.4 Å². The lowest BCUT2D eigenvalue weighted by atomic mass is 10.0. The van der Waals surface area contributed by atoms with Crippen LogP contribution < -0.4 is 4.74 Å². The van der Waals surface area contributed by atoms with E-state index in [4.69, 9.17) is 47.7 Å². The Morgan fingerprint density at radius 3 is 1.42 bits per heavy atom. The molecule has 0 spiro atoms. The third-order valence-corrected chi connectivity index (χ3v) is 7.56. The predicted octanol–water partition coefficient (Wildman–Crippen LogP) is 6.60. The summed E-state index contributed by atoms with van der Waals surface area (Å²) in [5.41, 5.74) is 2.23. The van der Waals surface area contributed by atoms with Gasteiger partial charge in [-0.3, -0.25) is 0 Å². The average molecular weight is 737 g/mol. The van der Waals surface area contributed by atoms with E-state index in [0.717, 1.165) is 12.8 Å². The van der Waals surface area contributed by atoms with E-state index < -0.39 is 0 Å². The second-order valence-electron chi connectivity index (χ2n) is 11.8. The largest absolute Gasteiger partial charge is 0.506 e. The molecule has 296 valence electrons. The lowest BCUT2D eigenvalue weighted by Gasteiger charge is -2.11. The fraction of sp³-hybridized carbons (Fsp3) is 0.692. The van der Waals surface area contributed by atoms with Gasteiger partial charge in [-0.15, -0.1) is 10.2 Å². The van der Waals surface area contributed by atoms with Crippen LogP contribution in [0, 0.1) is 0 Å². The summed E-state index contributed by atoms with van der Waals surface area (Å²) in [5, 5.41) is 27.4. The second-order valence-corrected chi connectivity index (χ2v) is 11.8. The zero-order valence-corrected chi connectivity index (χ0v) is 31.4. The van der Waals surface area contributed by atoms with Gasteiger partial charge in [-0.1, -0.05) is 63.6 Å². The molecule has 13 heteroatoms. The average Bonchev–Trinajstić information content (AvgIpc) is 3.16. The van der Waals surface area contributed by atoms with Crippen LogP contribution in [0.5, 0.6) is 11.5 Å². The first-order chi connectivity index (χ1) is 25.7. The highest BCUT2D eigenvalue weighted by Gasteiger charge is 2.07. The molecule has 2 aromatic carbocycles. The zero-order chi connectivity index (χ0) is 37.0. The van der Waals surface area contributed by atoms with Gasteiger partial charge in [0.05, 0.1) is 112 Å². The molecule has 0 saturated carbocycles. The van der Waals surface area contributed by atoms with Crippen molar-refractivity contribution in [1.29, 1.82) is 0 Å². The Hall–Kier alpha value is -2.72. The third kappa shape index (κ3) is 25.3. The van der Waals surface area contributed by atoms with Crippen LogP contribution in [0.15, 0.2) is 52.7 Å². The Labute approximate surface area is 310 Å². The standard InChI is InChI=1S/C39H64N2O11/c1-2-3-4-5-6-7-8-11-35-14-15-39(37(34-35)41-40-36-12-9-10-13-38(36)43)52-33-32-51-31-30-50-29-28-49-27-26-48-25-24-47-23-22-46-21-20-45-19-18-44-17-16-42/h9-10,12-15,34,42-43H,2-8,11,16-33H2,1H3. The number of phenols is 1. The van der Waals surface area contributed by atoms with Crippen molar-refractivity contribution in [3.8, 4) is 11.5 Å². The summed E-state index contributed by atoms with van der Waals surface area (Å²) >= 11 is 0. The first-order valence-corrected chi connectivity index (χ1v) is 18.9. The van der Waals surface area contributed by atoms with Gasteiger partial charge in [-0.05, 0) is 42.7 Å². The molecule has 0 aliphatic heterocycles. The Kier molecular flexibility index (Phi) is 29.8. The highest BCUT2D eigenvalue weighted by molar-refractivity contribution is 5.55. The minimum atomic E-state index is 0.0211. The highest BCUT2D eigenvalue weighted by atomic mass is 16.6. The summed E-state index contributed by atoms with van der Waals surface area (Å²) in [6.45, 7) is 10.1. The molecule has 0 saturated heterocycles. The van der Waals surface area contributed by atoms with Crippen LogP contribution in [0.2, 0.25) is 0 Å². The van der Waals surface area contributed by atoms with Gasteiger partial charge < -0.3 is 52.8 Å². The third-order valence-electron chi connectivity index (χ3n) is 7.56. The first-order valence-electron chi connectivity index (χ1n) is 18.9. The number of nitrogens with zero attached hydrogens (tertiary/aromatic N) is 2. The Morgan fingerprint density at radius 2 is 0.923 bits per heavy atom. The summed E-state index contributed by atoms with van der Waals surface area (Å²) < 4.78 is 49.6. The number of para-hydroxylation sites is 1. The van der Waals surface area contributed by atoms with Crippen LogP contribution in [0.25, 0.3) is 0 Å². The highest BCUT2D eigenvalue weighted by Crippen LogP contribution is 2.33. The molecule has 0 aromatic heterocycles. The van der Waals surface area contributed by atoms with Gasteiger partial charge in [0.2, 0.25) is 0 Å². The van der Waals surface area contributed by atoms with Crippen molar-refractivity contribution in [3.63, 3.8) is 0 Å². The summed E-state index contributed by atoms with van der Waals surface area (Å²) in [6.07, 6.45) is 9.82. The van der Waals surface area contributed by atoms with Crippen molar-refractivity contribution < 1.29 is 52.8 Å². The quantitative estimate of drug-likeness (QED) is 0.0571. The van der Waals surface area contributed by atoms with Gasteiger partial charge >= 0.3 is 0 Å². The van der Waals surface area contributed by atoms with Crippen LogP contribution in [-0.4, -0.2) is 129 Å². The van der Waals surface area contributed by atoms with Crippen molar-refractivity contribution in [3.05, 3.63) is 48.0 Å². The number of rotatable bonds is 37. The van der Waals surface area contributed by atoms with E-state index in [2.05, 4.69) is 23.2 Å². The summed E-state index contributed by atoms with van der Waals surface area (Å²) in [5.74, 6) is 0.704. The molecule has 52 heavy (non-hydrogen) atoms. The molecule has 0 amide bonds. The van der Waals surface area contributed by atoms with E-state index in [9.17, 15) is 5.11 Å². The van der Waals surface area contributed by atoms with Gasteiger partial charge in [-0.2, -0.15) is 0 Å². The van der Waals surface area contributed by atoms with Crippen LogP contribution in [0.4, 0.5) is 11.4 Å². The molecule has 13 nitrogen and oxygen atoms in total. The minimum absolute atomic E-state index is 0.0211. The number of ether oxygens (including phenoxy) is 9. The number of unbranched alkanes of at least 4 members (excludes halogenated alkanes) is 6. The van der Waals surface area contributed by atoms with Crippen molar-refractivity contribution in [2.75, 3.05) is 119 Å². The van der Waals surface area contributed by atoms with Gasteiger partial charge in [0, 0.05) is 0 Å². The summed E-state index contributed by atoms with van der Waals surface area (Å²) in [4.78, 5) is 0. The normalized spacial score (nSPS) is 11.6. The Morgan fingerprint density at radius 1 is 0.481 bits per heavy atom.